The third kappa shape index (κ3) is 4.24. The van der Waals surface area contributed by atoms with Crippen LogP contribution in [0.15, 0.2) is 24.3 Å². The van der Waals surface area contributed by atoms with Crippen LogP contribution >= 0.6 is 0 Å². The molecule has 3 atom stereocenters. The molecule has 2 nitrogen and oxygen atoms in total. The van der Waals surface area contributed by atoms with Crippen LogP contribution in [0.3, 0.4) is 0 Å². The number of benzene rings is 1. The SMILES string of the molecule is CCCc1ccc(OC2CC(CCC)CCC2O)cc1. The van der Waals surface area contributed by atoms with Crippen molar-refractivity contribution in [2.75, 3.05) is 0 Å². The predicted molar refractivity (Wildman–Crippen MR) is 83.1 cm³/mol. The van der Waals surface area contributed by atoms with Gasteiger partial charge in [0.2, 0.25) is 0 Å². The molecule has 0 amide bonds. The Kier molecular flexibility index (Phi) is 5.90. The largest absolute Gasteiger partial charge is 0.488 e. The Bertz CT molecular complexity index is 385. The molecule has 0 aromatic heterocycles. The summed E-state index contributed by atoms with van der Waals surface area (Å²) in [5.41, 5.74) is 1.35. The number of rotatable bonds is 6. The highest BCUT2D eigenvalue weighted by atomic mass is 16.5. The Morgan fingerprint density at radius 1 is 1.10 bits per heavy atom. The standard InChI is InChI=1S/C18H28O2/c1-3-5-14-7-10-16(11-8-14)20-18-13-15(6-4-2)9-12-17(18)19/h7-8,10-11,15,17-19H,3-6,9,12-13H2,1-2H3. The molecular weight excluding hydrogens is 248 g/mol. The minimum Gasteiger partial charge on any atom is -0.488 e. The van der Waals surface area contributed by atoms with Crippen LogP contribution in [0.1, 0.15) is 57.9 Å². The van der Waals surface area contributed by atoms with Crippen LogP contribution in [-0.4, -0.2) is 17.3 Å². The summed E-state index contributed by atoms with van der Waals surface area (Å²) in [4.78, 5) is 0. The van der Waals surface area contributed by atoms with Crippen molar-refractivity contribution < 1.29 is 9.84 Å². The van der Waals surface area contributed by atoms with Crippen molar-refractivity contribution in [3.05, 3.63) is 29.8 Å². The molecule has 0 radical (unpaired) electrons. The Morgan fingerprint density at radius 3 is 2.50 bits per heavy atom. The molecule has 1 fully saturated rings. The summed E-state index contributed by atoms with van der Waals surface area (Å²) < 4.78 is 6.03. The van der Waals surface area contributed by atoms with E-state index in [1.807, 2.05) is 12.1 Å². The summed E-state index contributed by atoms with van der Waals surface area (Å²) >= 11 is 0. The van der Waals surface area contributed by atoms with E-state index in [1.165, 1.54) is 24.8 Å². The summed E-state index contributed by atoms with van der Waals surface area (Å²) in [6, 6.07) is 8.36. The lowest BCUT2D eigenvalue weighted by Crippen LogP contribution is -2.38. The van der Waals surface area contributed by atoms with E-state index in [1.54, 1.807) is 0 Å². The normalized spacial score (nSPS) is 26.4. The van der Waals surface area contributed by atoms with Gasteiger partial charge in [0.1, 0.15) is 11.9 Å². The maximum Gasteiger partial charge on any atom is 0.125 e. The van der Waals surface area contributed by atoms with Crippen molar-refractivity contribution >= 4 is 0 Å². The summed E-state index contributed by atoms with van der Waals surface area (Å²) in [6.07, 6.45) is 7.43. The second-order valence-electron chi connectivity index (χ2n) is 6.09. The Morgan fingerprint density at radius 2 is 1.85 bits per heavy atom. The van der Waals surface area contributed by atoms with Gasteiger partial charge < -0.3 is 9.84 Å². The van der Waals surface area contributed by atoms with E-state index in [0.29, 0.717) is 5.92 Å². The quantitative estimate of drug-likeness (QED) is 0.837. The highest BCUT2D eigenvalue weighted by molar-refractivity contribution is 5.27. The van der Waals surface area contributed by atoms with E-state index in [9.17, 15) is 5.11 Å². The van der Waals surface area contributed by atoms with Gasteiger partial charge in [-0.3, -0.25) is 0 Å². The highest BCUT2D eigenvalue weighted by Gasteiger charge is 2.30. The first-order valence-corrected chi connectivity index (χ1v) is 8.16. The van der Waals surface area contributed by atoms with Crippen molar-refractivity contribution in [3.63, 3.8) is 0 Å². The van der Waals surface area contributed by atoms with Crippen LogP contribution < -0.4 is 4.74 Å². The van der Waals surface area contributed by atoms with Gasteiger partial charge in [-0.25, -0.2) is 0 Å². The molecule has 1 aromatic carbocycles. The third-order valence-corrected chi connectivity index (χ3v) is 4.31. The number of aliphatic hydroxyl groups excluding tert-OH is 1. The third-order valence-electron chi connectivity index (χ3n) is 4.31. The zero-order valence-corrected chi connectivity index (χ0v) is 12.8. The molecule has 1 saturated carbocycles. The lowest BCUT2D eigenvalue weighted by atomic mass is 9.83. The number of ether oxygens (including phenoxy) is 1. The smallest absolute Gasteiger partial charge is 0.125 e. The molecule has 1 aliphatic carbocycles. The van der Waals surface area contributed by atoms with Gasteiger partial charge in [-0.05, 0) is 49.3 Å². The monoisotopic (exact) mass is 276 g/mol. The van der Waals surface area contributed by atoms with E-state index in [-0.39, 0.29) is 12.2 Å². The fourth-order valence-electron chi connectivity index (χ4n) is 3.19. The highest BCUT2D eigenvalue weighted by Crippen LogP contribution is 2.31. The number of aryl methyl sites for hydroxylation is 1. The number of hydrogen-bond donors (Lipinski definition) is 1. The molecule has 2 heteroatoms. The molecule has 1 aromatic rings. The van der Waals surface area contributed by atoms with Gasteiger partial charge in [-0.2, -0.15) is 0 Å². The number of hydrogen-bond acceptors (Lipinski definition) is 2. The van der Waals surface area contributed by atoms with Gasteiger partial charge in [0.15, 0.2) is 0 Å². The zero-order chi connectivity index (χ0) is 14.4. The average Bonchev–Trinajstić information content (AvgIpc) is 2.45. The Hall–Kier alpha value is -1.02. The van der Waals surface area contributed by atoms with Crippen LogP contribution in [0.25, 0.3) is 0 Å². The van der Waals surface area contributed by atoms with Crippen LogP contribution in [0.5, 0.6) is 5.75 Å². The van der Waals surface area contributed by atoms with E-state index >= 15 is 0 Å². The van der Waals surface area contributed by atoms with E-state index in [0.717, 1.165) is 31.4 Å². The van der Waals surface area contributed by atoms with Crippen molar-refractivity contribution in [3.8, 4) is 5.75 Å². The lowest BCUT2D eigenvalue weighted by Gasteiger charge is -2.33. The average molecular weight is 276 g/mol. The fourth-order valence-corrected chi connectivity index (χ4v) is 3.19. The van der Waals surface area contributed by atoms with Gasteiger partial charge in [-0.15, -0.1) is 0 Å². The topological polar surface area (TPSA) is 29.5 Å². The lowest BCUT2D eigenvalue weighted by molar-refractivity contribution is -0.0117. The minimum absolute atomic E-state index is 0.0303. The molecule has 0 saturated heterocycles. The minimum atomic E-state index is -0.307. The molecule has 0 bridgehead atoms. The predicted octanol–water partition coefficient (Wildman–Crippen LogP) is 4.35. The second-order valence-corrected chi connectivity index (χ2v) is 6.09. The van der Waals surface area contributed by atoms with Crippen molar-refractivity contribution in [1.82, 2.24) is 0 Å². The van der Waals surface area contributed by atoms with E-state index < -0.39 is 0 Å². The van der Waals surface area contributed by atoms with Gasteiger partial charge >= 0.3 is 0 Å². The van der Waals surface area contributed by atoms with E-state index in [2.05, 4.69) is 26.0 Å². The molecule has 112 valence electrons. The van der Waals surface area contributed by atoms with Gasteiger partial charge in [0.25, 0.3) is 0 Å². The first kappa shape index (κ1) is 15.4. The summed E-state index contributed by atoms with van der Waals surface area (Å²) in [7, 11) is 0. The van der Waals surface area contributed by atoms with Crippen LogP contribution in [-0.2, 0) is 6.42 Å². The van der Waals surface area contributed by atoms with Crippen LogP contribution in [0.4, 0.5) is 0 Å². The maximum atomic E-state index is 10.1. The summed E-state index contributed by atoms with van der Waals surface area (Å²) in [5, 5.41) is 10.1. The van der Waals surface area contributed by atoms with E-state index in [4.69, 9.17) is 4.74 Å². The molecule has 0 heterocycles. The summed E-state index contributed by atoms with van der Waals surface area (Å²) in [6.45, 7) is 4.42. The molecule has 3 unspecified atom stereocenters. The molecule has 2 rings (SSSR count). The first-order chi connectivity index (χ1) is 9.72. The fraction of sp³-hybridized carbons (Fsp3) is 0.667. The van der Waals surface area contributed by atoms with Gasteiger partial charge in [0.05, 0.1) is 6.10 Å². The van der Waals surface area contributed by atoms with Crippen molar-refractivity contribution in [1.29, 1.82) is 0 Å². The van der Waals surface area contributed by atoms with Crippen LogP contribution in [0.2, 0.25) is 0 Å². The molecular formula is C18H28O2. The Balaban J connectivity index is 1.93. The molecule has 1 aliphatic rings. The first-order valence-electron chi connectivity index (χ1n) is 8.16. The molecule has 0 spiro atoms. The van der Waals surface area contributed by atoms with Gasteiger partial charge in [0, 0.05) is 0 Å². The number of aliphatic hydroxyl groups is 1. The summed E-state index contributed by atoms with van der Waals surface area (Å²) in [5.74, 6) is 1.61. The molecule has 1 N–H and O–H groups in total. The van der Waals surface area contributed by atoms with Crippen LogP contribution in [0, 0.1) is 5.92 Å². The van der Waals surface area contributed by atoms with Crippen molar-refractivity contribution in [2.45, 2.75) is 71.0 Å². The zero-order valence-electron chi connectivity index (χ0n) is 12.8. The van der Waals surface area contributed by atoms with Crippen molar-refractivity contribution in [2.24, 2.45) is 5.92 Å². The van der Waals surface area contributed by atoms with Gasteiger partial charge in [-0.1, -0.05) is 45.2 Å². The molecule has 20 heavy (non-hydrogen) atoms. The second kappa shape index (κ2) is 7.68. The Labute approximate surface area is 123 Å². The maximum absolute atomic E-state index is 10.1. The molecule has 0 aliphatic heterocycles.